The highest BCUT2D eigenvalue weighted by atomic mass is 32.1. The molecule has 1 aliphatic carbocycles. The molecular formula is C21H25FN4O2S. The molecule has 4 rings (SSSR count). The predicted octanol–water partition coefficient (Wildman–Crippen LogP) is 2.63. The topological polar surface area (TPSA) is 78.7 Å². The summed E-state index contributed by atoms with van der Waals surface area (Å²) in [7, 11) is 0. The summed E-state index contributed by atoms with van der Waals surface area (Å²) >= 11 is 1.48. The summed E-state index contributed by atoms with van der Waals surface area (Å²) in [4.78, 5) is 29.8. The first-order valence-electron chi connectivity index (χ1n) is 9.99. The molecule has 1 aromatic heterocycles. The molecule has 0 radical (unpaired) electrons. The number of fused-ring (bicyclic) bond motifs is 1. The molecule has 1 fully saturated rings. The Morgan fingerprint density at radius 3 is 2.55 bits per heavy atom. The molecule has 8 heteroatoms. The number of halogens is 1. The Kier molecular flexibility index (Phi) is 5.82. The Balaban J connectivity index is 1.36. The molecule has 0 atom stereocenters. The van der Waals surface area contributed by atoms with Gasteiger partial charge in [0.1, 0.15) is 10.8 Å². The molecule has 0 unspecified atom stereocenters. The van der Waals surface area contributed by atoms with Gasteiger partial charge in [-0.15, -0.1) is 11.3 Å². The van der Waals surface area contributed by atoms with E-state index in [0.29, 0.717) is 42.4 Å². The van der Waals surface area contributed by atoms with Gasteiger partial charge in [0.25, 0.3) is 5.91 Å². The molecule has 1 saturated heterocycles. The van der Waals surface area contributed by atoms with Crippen LogP contribution in [-0.2, 0) is 17.6 Å². The zero-order chi connectivity index (χ0) is 20.4. The van der Waals surface area contributed by atoms with Gasteiger partial charge >= 0.3 is 0 Å². The van der Waals surface area contributed by atoms with Crippen molar-refractivity contribution in [3.63, 3.8) is 0 Å². The summed E-state index contributed by atoms with van der Waals surface area (Å²) in [5, 5.41) is 3.49. The number of rotatable bonds is 5. The molecule has 6 nitrogen and oxygen atoms in total. The Hall–Kier alpha value is -2.45. The number of hydrogen-bond acceptors (Lipinski definition) is 5. The fourth-order valence-electron chi connectivity index (χ4n) is 4.14. The van der Waals surface area contributed by atoms with Crippen molar-refractivity contribution in [3.8, 4) is 0 Å². The summed E-state index contributed by atoms with van der Waals surface area (Å²) < 4.78 is 14.0. The maximum Gasteiger partial charge on any atom is 0.251 e. The van der Waals surface area contributed by atoms with Gasteiger partial charge in [0.2, 0.25) is 5.91 Å². The molecule has 29 heavy (non-hydrogen) atoms. The van der Waals surface area contributed by atoms with Gasteiger partial charge in [0.05, 0.1) is 17.8 Å². The second-order valence-corrected chi connectivity index (χ2v) is 8.65. The van der Waals surface area contributed by atoms with Crippen molar-refractivity contribution in [2.75, 3.05) is 42.9 Å². The lowest BCUT2D eigenvalue weighted by molar-refractivity contribution is -0.117. The number of anilines is 2. The summed E-state index contributed by atoms with van der Waals surface area (Å²) in [5.41, 5.74) is 7.70. The monoisotopic (exact) mass is 416 g/mol. The van der Waals surface area contributed by atoms with Gasteiger partial charge in [-0.1, -0.05) is 12.1 Å². The third kappa shape index (κ3) is 4.28. The normalized spacial score (nSPS) is 17.1. The molecule has 3 N–H and O–H groups in total. The first-order chi connectivity index (χ1) is 14.0. The van der Waals surface area contributed by atoms with E-state index in [9.17, 15) is 14.0 Å². The van der Waals surface area contributed by atoms with Gasteiger partial charge in [-0.25, -0.2) is 4.39 Å². The molecule has 154 valence electrons. The van der Waals surface area contributed by atoms with Gasteiger partial charge in [-0.3, -0.25) is 14.5 Å². The molecule has 1 aromatic carbocycles. The molecular weight excluding hydrogens is 391 g/mol. The number of benzene rings is 1. The lowest BCUT2D eigenvalue weighted by Gasteiger charge is -2.35. The molecule has 2 heterocycles. The molecule has 1 aliphatic heterocycles. The maximum absolute atomic E-state index is 14.0. The van der Waals surface area contributed by atoms with Gasteiger partial charge < -0.3 is 16.0 Å². The van der Waals surface area contributed by atoms with Gasteiger partial charge in [-0.05, 0) is 43.4 Å². The highest BCUT2D eigenvalue weighted by Crippen LogP contribution is 2.37. The first-order valence-corrected chi connectivity index (χ1v) is 10.8. The number of hydrogen-bond donors (Lipinski definition) is 2. The Labute approximate surface area is 173 Å². The van der Waals surface area contributed by atoms with Crippen LogP contribution in [0, 0.1) is 5.82 Å². The summed E-state index contributed by atoms with van der Waals surface area (Å²) in [5.74, 6) is -0.844. The van der Waals surface area contributed by atoms with Crippen molar-refractivity contribution in [3.05, 3.63) is 46.1 Å². The van der Waals surface area contributed by atoms with E-state index in [4.69, 9.17) is 5.73 Å². The van der Waals surface area contributed by atoms with Crippen LogP contribution < -0.4 is 16.0 Å². The number of aryl methyl sites for hydroxylation is 1. The number of amides is 2. The van der Waals surface area contributed by atoms with Crippen LogP contribution in [0.2, 0.25) is 0 Å². The van der Waals surface area contributed by atoms with Crippen molar-refractivity contribution >= 4 is 33.8 Å². The molecule has 0 saturated carbocycles. The summed E-state index contributed by atoms with van der Waals surface area (Å²) in [6, 6.07) is 6.76. The average Bonchev–Trinajstić information content (AvgIpc) is 3.07. The van der Waals surface area contributed by atoms with E-state index in [0.717, 1.165) is 31.2 Å². The first kappa shape index (κ1) is 19.8. The van der Waals surface area contributed by atoms with E-state index in [2.05, 4.69) is 5.32 Å². The summed E-state index contributed by atoms with van der Waals surface area (Å²) in [6.45, 7) is 2.91. The summed E-state index contributed by atoms with van der Waals surface area (Å²) in [6.07, 6.45) is 3.93. The van der Waals surface area contributed by atoms with Crippen molar-refractivity contribution in [2.24, 2.45) is 5.73 Å². The molecule has 2 aliphatic rings. The van der Waals surface area contributed by atoms with E-state index in [1.165, 1.54) is 22.3 Å². The molecule has 0 spiro atoms. The van der Waals surface area contributed by atoms with Crippen LogP contribution in [0.5, 0.6) is 0 Å². The smallest absolute Gasteiger partial charge is 0.251 e. The van der Waals surface area contributed by atoms with Crippen molar-refractivity contribution in [1.29, 1.82) is 0 Å². The second-order valence-electron chi connectivity index (χ2n) is 7.54. The van der Waals surface area contributed by atoms with Crippen LogP contribution in [0.15, 0.2) is 24.3 Å². The molecule has 2 amide bonds. The van der Waals surface area contributed by atoms with Gasteiger partial charge in [0, 0.05) is 31.1 Å². The van der Waals surface area contributed by atoms with E-state index < -0.39 is 5.91 Å². The number of nitrogens with zero attached hydrogens (tertiary/aromatic N) is 2. The van der Waals surface area contributed by atoms with Crippen LogP contribution in [0.4, 0.5) is 15.1 Å². The van der Waals surface area contributed by atoms with Gasteiger partial charge in [-0.2, -0.15) is 0 Å². The third-order valence-corrected chi connectivity index (χ3v) is 6.81. The van der Waals surface area contributed by atoms with Crippen molar-refractivity contribution in [1.82, 2.24) is 4.90 Å². The number of nitrogens with two attached hydrogens (primary N) is 1. The number of thiophene rings is 1. The zero-order valence-electron chi connectivity index (χ0n) is 16.2. The van der Waals surface area contributed by atoms with E-state index >= 15 is 0 Å². The second kappa shape index (κ2) is 8.51. The van der Waals surface area contributed by atoms with E-state index in [1.807, 2.05) is 15.9 Å². The zero-order valence-corrected chi connectivity index (χ0v) is 17.1. The van der Waals surface area contributed by atoms with Crippen LogP contribution >= 0.6 is 11.3 Å². The maximum atomic E-state index is 14.0. The lowest BCUT2D eigenvalue weighted by atomic mass is 9.95. The number of carbonyl (C=O) groups is 2. The SMILES string of the molecule is NC(=O)c1c(NC(=O)CN2CCN(c3ccccc3F)CC2)sc2c1CCCC2. The van der Waals surface area contributed by atoms with Crippen LogP contribution in [0.25, 0.3) is 0 Å². The lowest BCUT2D eigenvalue weighted by Crippen LogP contribution is -2.48. The van der Waals surface area contributed by atoms with Crippen molar-refractivity contribution < 1.29 is 14.0 Å². The highest BCUT2D eigenvalue weighted by molar-refractivity contribution is 7.17. The minimum Gasteiger partial charge on any atom is -0.367 e. The number of para-hydroxylation sites is 1. The largest absolute Gasteiger partial charge is 0.367 e. The number of piperazine rings is 1. The van der Waals surface area contributed by atoms with Crippen LogP contribution in [0.1, 0.15) is 33.6 Å². The van der Waals surface area contributed by atoms with Gasteiger partial charge in [0.15, 0.2) is 0 Å². The fourth-order valence-corrected chi connectivity index (χ4v) is 5.45. The van der Waals surface area contributed by atoms with E-state index in [-0.39, 0.29) is 18.3 Å². The Morgan fingerprint density at radius 1 is 1.10 bits per heavy atom. The number of primary amides is 1. The average molecular weight is 417 g/mol. The van der Waals surface area contributed by atoms with Crippen molar-refractivity contribution in [2.45, 2.75) is 25.7 Å². The Bertz CT molecular complexity index is 921. The highest BCUT2D eigenvalue weighted by Gasteiger charge is 2.26. The third-order valence-electron chi connectivity index (χ3n) is 5.60. The Morgan fingerprint density at radius 2 is 1.83 bits per heavy atom. The minimum absolute atomic E-state index is 0.148. The standard InChI is InChI=1S/C21H25FN4O2S/c22-15-6-2-3-7-16(15)26-11-9-25(10-12-26)13-18(27)24-21-19(20(23)28)14-5-1-4-8-17(14)29-21/h2-3,6-7H,1,4-5,8-13H2,(H2,23,28)(H,24,27). The van der Waals surface area contributed by atoms with Crippen LogP contribution in [0.3, 0.4) is 0 Å². The fraction of sp³-hybridized carbons (Fsp3) is 0.429. The van der Waals surface area contributed by atoms with E-state index in [1.54, 1.807) is 12.1 Å². The minimum atomic E-state index is -0.474. The molecule has 2 aromatic rings. The number of nitrogens with one attached hydrogen (secondary N) is 1. The van der Waals surface area contributed by atoms with Crippen LogP contribution in [-0.4, -0.2) is 49.4 Å². The predicted molar refractivity (Wildman–Crippen MR) is 113 cm³/mol. The quantitative estimate of drug-likeness (QED) is 0.785. The number of carbonyl (C=O) groups excluding carboxylic acids is 2. The molecule has 0 bridgehead atoms.